The van der Waals surface area contributed by atoms with Crippen LogP contribution in [-0.2, 0) is 18.2 Å². The minimum absolute atomic E-state index is 0.344. The molecule has 0 saturated carbocycles. The third kappa shape index (κ3) is 2.91. The number of ether oxygens (including phenoxy) is 1. The van der Waals surface area contributed by atoms with Crippen molar-refractivity contribution >= 4 is 28.4 Å². The highest BCUT2D eigenvalue weighted by molar-refractivity contribution is 14.2. The molecule has 14 heavy (non-hydrogen) atoms. The van der Waals surface area contributed by atoms with Gasteiger partial charge < -0.3 is 4.74 Å². The van der Waals surface area contributed by atoms with Crippen molar-refractivity contribution < 1.29 is 9.42 Å². The van der Waals surface area contributed by atoms with Crippen molar-refractivity contribution in [2.24, 2.45) is 7.05 Å². The second kappa shape index (κ2) is 6.03. The number of methoxy groups -OCH3 is 1. The average Bonchev–Trinajstić information content (AvgIpc) is 2.55. The molecule has 0 aliphatic carbocycles. The van der Waals surface area contributed by atoms with Crippen molar-refractivity contribution in [2.75, 3.05) is 7.11 Å². The number of nitrogens with zero attached hydrogens (tertiary/aromatic N) is 2. The summed E-state index contributed by atoms with van der Waals surface area (Å²) in [5, 5.41) is 0. The van der Waals surface area contributed by atoms with Crippen LogP contribution < -0.4 is 4.68 Å². The fourth-order valence-corrected chi connectivity index (χ4v) is 3.84. The molecular weight excluding hydrogens is 310 g/mol. The SMILES string of the molecule is CCC(Cc1cc[n+](C)n1PI)OC. The summed E-state index contributed by atoms with van der Waals surface area (Å²) in [5.74, 6) is 0. The van der Waals surface area contributed by atoms with Crippen LogP contribution in [0, 0.1) is 0 Å². The van der Waals surface area contributed by atoms with Gasteiger partial charge in [0.25, 0.3) is 0 Å². The van der Waals surface area contributed by atoms with Gasteiger partial charge in [0, 0.05) is 19.6 Å². The number of rotatable bonds is 5. The first-order valence-corrected chi connectivity index (χ1v) is 8.75. The van der Waals surface area contributed by atoms with E-state index in [1.54, 1.807) is 7.11 Å². The summed E-state index contributed by atoms with van der Waals surface area (Å²) in [6, 6.07) is 2.17. The van der Waals surface area contributed by atoms with Crippen molar-refractivity contribution in [2.45, 2.75) is 25.9 Å². The van der Waals surface area contributed by atoms with Gasteiger partial charge in [-0.15, -0.1) is 9.13 Å². The van der Waals surface area contributed by atoms with Crippen LogP contribution >= 0.6 is 28.4 Å². The molecular formula is C9H17IN2OP+. The Balaban J connectivity index is 2.74. The van der Waals surface area contributed by atoms with Crippen LogP contribution in [0.15, 0.2) is 12.3 Å². The van der Waals surface area contributed by atoms with Gasteiger partial charge in [0.15, 0.2) is 13.2 Å². The number of aryl methyl sites for hydroxylation is 1. The summed E-state index contributed by atoms with van der Waals surface area (Å²) in [6.45, 7) is 2.16. The zero-order chi connectivity index (χ0) is 10.6. The van der Waals surface area contributed by atoms with Crippen LogP contribution in [0.5, 0.6) is 0 Å². The first-order chi connectivity index (χ1) is 6.72. The molecule has 0 fully saturated rings. The zero-order valence-corrected chi connectivity index (χ0v) is 12.0. The van der Waals surface area contributed by atoms with E-state index in [2.05, 4.69) is 57.4 Å². The van der Waals surface area contributed by atoms with Gasteiger partial charge in [-0.2, -0.15) is 0 Å². The van der Waals surface area contributed by atoms with Crippen molar-refractivity contribution in [1.82, 2.24) is 4.45 Å². The molecule has 2 atom stereocenters. The largest absolute Gasteiger partial charge is 0.381 e. The Hall–Kier alpha value is 0.330. The summed E-state index contributed by atoms with van der Waals surface area (Å²) in [4.78, 5) is 0. The molecule has 1 heterocycles. The Kier molecular flexibility index (Phi) is 5.34. The van der Waals surface area contributed by atoms with Crippen molar-refractivity contribution in [3.8, 4) is 0 Å². The van der Waals surface area contributed by atoms with Gasteiger partial charge in [-0.3, -0.25) is 0 Å². The summed E-state index contributed by atoms with van der Waals surface area (Å²) >= 11 is 2.40. The maximum atomic E-state index is 5.39. The predicted molar refractivity (Wildman–Crippen MR) is 68.1 cm³/mol. The topological polar surface area (TPSA) is 18.0 Å². The first-order valence-electron chi connectivity index (χ1n) is 4.68. The number of aromatic nitrogens is 2. The van der Waals surface area contributed by atoms with E-state index in [9.17, 15) is 0 Å². The van der Waals surface area contributed by atoms with E-state index in [4.69, 9.17) is 4.74 Å². The van der Waals surface area contributed by atoms with Crippen molar-refractivity contribution in [3.05, 3.63) is 18.0 Å². The Morgan fingerprint density at radius 3 is 2.93 bits per heavy atom. The van der Waals surface area contributed by atoms with Gasteiger partial charge >= 0.3 is 0 Å². The Morgan fingerprint density at radius 1 is 1.71 bits per heavy atom. The molecule has 3 nitrogen and oxygen atoms in total. The van der Waals surface area contributed by atoms with Crippen LogP contribution in [-0.4, -0.2) is 17.7 Å². The third-order valence-corrected chi connectivity index (χ3v) is 4.51. The number of hydrogen-bond donors (Lipinski definition) is 0. The van der Waals surface area contributed by atoms with Gasteiger partial charge in [0.05, 0.1) is 11.8 Å². The smallest absolute Gasteiger partial charge is 0.195 e. The number of hydrogen-bond acceptors (Lipinski definition) is 1. The lowest BCUT2D eigenvalue weighted by molar-refractivity contribution is -0.736. The quantitative estimate of drug-likeness (QED) is 0.460. The van der Waals surface area contributed by atoms with Gasteiger partial charge in [0.1, 0.15) is 6.37 Å². The molecule has 0 aliphatic rings. The maximum Gasteiger partial charge on any atom is 0.195 e. The molecule has 0 N–H and O–H groups in total. The van der Waals surface area contributed by atoms with Crippen molar-refractivity contribution in [3.63, 3.8) is 0 Å². The summed E-state index contributed by atoms with van der Waals surface area (Å²) < 4.78 is 9.80. The Morgan fingerprint density at radius 2 is 2.43 bits per heavy atom. The fourth-order valence-electron chi connectivity index (χ4n) is 1.43. The maximum absolute atomic E-state index is 5.39. The molecule has 80 valence electrons. The van der Waals surface area contributed by atoms with Crippen LogP contribution in [0.25, 0.3) is 0 Å². The fraction of sp³-hybridized carbons (Fsp3) is 0.667. The second-order valence-electron chi connectivity index (χ2n) is 3.25. The van der Waals surface area contributed by atoms with E-state index in [-0.39, 0.29) is 0 Å². The van der Waals surface area contributed by atoms with Gasteiger partial charge in [-0.05, 0) is 28.5 Å². The lowest BCUT2D eigenvalue weighted by atomic mass is 10.1. The molecule has 2 unspecified atom stereocenters. The lowest BCUT2D eigenvalue weighted by Crippen LogP contribution is -2.35. The molecule has 1 aromatic rings. The van der Waals surface area contributed by atoms with Crippen LogP contribution in [0.4, 0.5) is 0 Å². The molecule has 0 aromatic carbocycles. The molecule has 1 aromatic heterocycles. The predicted octanol–water partition coefficient (Wildman–Crippen LogP) is 2.07. The van der Waals surface area contributed by atoms with E-state index < -0.39 is 0 Å². The highest BCUT2D eigenvalue weighted by atomic mass is 127. The molecule has 0 aliphatic heterocycles. The highest BCUT2D eigenvalue weighted by Crippen LogP contribution is 2.24. The van der Waals surface area contributed by atoms with Crippen molar-refractivity contribution in [1.29, 1.82) is 0 Å². The standard InChI is InChI=1S/C9H17IN2OP/c1-4-9(13-3)7-8-5-6-11(2)12(8)14-10/h5-6,9,14H,4,7H2,1-3H3/q+1. The van der Waals surface area contributed by atoms with E-state index in [0.29, 0.717) is 6.10 Å². The van der Waals surface area contributed by atoms with Crippen LogP contribution in [0.3, 0.4) is 0 Å². The van der Waals surface area contributed by atoms with E-state index in [0.717, 1.165) is 19.2 Å². The van der Waals surface area contributed by atoms with Crippen LogP contribution in [0.1, 0.15) is 19.0 Å². The monoisotopic (exact) mass is 327 g/mol. The average molecular weight is 327 g/mol. The van der Waals surface area contributed by atoms with E-state index in [1.807, 2.05) is 0 Å². The minimum atomic E-state index is 0.344. The van der Waals surface area contributed by atoms with Crippen LogP contribution in [0.2, 0.25) is 0 Å². The summed E-state index contributed by atoms with van der Waals surface area (Å²) in [7, 11) is 3.86. The normalized spacial score (nSPS) is 14.0. The minimum Gasteiger partial charge on any atom is -0.381 e. The van der Waals surface area contributed by atoms with E-state index >= 15 is 0 Å². The molecule has 0 saturated heterocycles. The van der Waals surface area contributed by atoms with E-state index in [1.165, 1.54) is 5.69 Å². The molecule has 0 amide bonds. The van der Waals surface area contributed by atoms with Gasteiger partial charge in [-0.25, -0.2) is 0 Å². The highest BCUT2D eigenvalue weighted by Gasteiger charge is 2.14. The van der Waals surface area contributed by atoms with Gasteiger partial charge in [0.2, 0.25) is 0 Å². The zero-order valence-electron chi connectivity index (χ0n) is 8.83. The third-order valence-electron chi connectivity index (χ3n) is 2.38. The second-order valence-corrected chi connectivity index (χ2v) is 5.29. The molecule has 5 heteroatoms. The molecule has 0 spiro atoms. The first kappa shape index (κ1) is 12.4. The molecule has 1 rings (SSSR count). The van der Waals surface area contributed by atoms with Gasteiger partial charge in [-0.1, -0.05) is 6.92 Å². The Bertz CT molecular complexity index is 286. The Labute approximate surface area is 100 Å². The summed E-state index contributed by atoms with van der Waals surface area (Å²) in [5.41, 5.74) is 1.36. The molecule has 0 radical (unpaired) electrons. The summed E-state index contributed by atoms with van der Waals surface area (Å²) in [6.07, 6.45) is 5.26. The number of halogens is 1. The lowest BCUT2D eigenvalue weighted by Gasteiger charge is -2.11. The molecule has 0 bridgehead atoms.